The summed E-state index contributed by atoms with van der Waals surface area (Å²) in [6, 6.07) is 0. The fourth-order valence-electron chi connectivity index (χ4n) is 1.52. The summed E-state index contributed by atoms with van der Waals surface area (Å²) < 4.78 is 6.83. The highest BCUT2D eigenvalue weighted by atomic mass is 32.1. The molecular formula is C11H13N3O2S2. The first-order valence-corrected chi connectivity index (χ1v) is 6.82. The largest absolute Gasteiger partial charge is 0.445 e. The molecule has 0 fully saturated rings. The Morgan fingerprint density at radius 1 is 1.72 bits per heavy atom. The molecule has 1 N–H and O–H groups in total. The van der Waals surface area contributed by atoms with Gasteiger partial charge in [-0.3, -0.25) is 4.40 Å². The molecule has 0 atom stereocenters. The van der Waals surface area contributed by atoms with Crippen LogP contribution in [0.25, 0.3) is 4.83 Å². The quantitative estimate of drug-likeness (QED) is 0.653. The maximum atomic E-state index is 11.3. The third-order valence-electron chi connectivity index (χ3n) is 2.29. The van der Waals surface area contributed by atoms with Gasteiger partial charge >= 0.3 is 6.09 Å². The molecule has 2 aromatic rings. The molecule has 2 heterocycles. The first kappa shape index (κ1) is 13.0. The van der Waals surface area contributed by atoms with E-state index in [2.05, 4.69) is 29.5 Å². The van der Waals surface area contributed by atoms with Crippen LogP contribution in [0.1, 0.15) is 11.5 Å². The van der Waals surface area contributed by atoms with E-state index in [0.29, 0.717) is 12.3 Å². The van der Waals surface area contributed by atoms with E-state index in [-0.39, 0.29) is 6.61 Å². The molecule has 0 bridgehead atoms. The highest BCUT2D eigenvalue weighted by molar-refractivity contribution is 7.79. The minimum absolute atomic E-state index is 0.206. The van der Waals surface area contributed by atoms with E-state index in [0.717, 1.165) is 16.3 Å². The highest BCUT2D eigenvalue weighted by Gasteiger charge is 2.10. The van der Waals surface area contributed by atoms with Crippen LogP contribution < -0.4 is 5.32 Å². The van der Waals surface area contributed by atoms with Crippen molar-refractivity contribution < 1.29 is 9.53 Å². The molecule has 0 radical (unpaired) electrons. The number of amides is 1. The van der Waals surface area contributed by atoms with Crippen molar-refractivity contribution in [2.75, 3.05) is 6.61 Å². The zero-order valence-electron chi connectivity index (χ0n) is 9.63. The molecule has 0 aliphatic heterocycles. The molecule has 0 saturated heterocycles. The van der Waals surface area contributed by atoms with Crippen LogP contribution in [0.15, 0.2) is 24.2 Å². The van der Waals surface area contributed by atoms with E-state index in [1.807, 2.05) is 9.78 Å². The number of thiol groups is 1. The summed E-state index contributed by atoms with van der Waals surface area (Å²) in [7, 11) is 0. The Labute approximate surface area is 114 Å². The minimum atomic E-state index is -0.457. The van der Waals surface area contributed by atoms with E-state index in [4.69, 9.17) is 4.74 Å². The molecule has 0 spiro atoms. The van der Waals surface area contributed by atoms with E-state index >= 15 is 0 Å². The summed E-state index contributed by atoms with van der Waals surface area (Å²) in [6.07, 6.45) is 2.87. The van der Waals surface area contributed by atoms with E-state index in [1.54, 1.807) is 17.5 Å². The lowest BCUT2D eigenvalue weighted by Crippen LogP contribution is -2.24. The number of aromatic nitrogens is 2. The molecule has 0 aliphatic rings. The van der Waals surface area contributed by atoms with Crippen LogP contribution in [0, 0.1) is 0 Å². The molecule has 2 rings (SSSR count). The molecule has 18 heavy (non-hydrogen) atoms. The van der Waals surface area contributed by atoms with Crippen LogP contribution in [0.3, 0.4) is 0 Å². The Kier molecular flexibility index (Phi) is 4.27. The third-order valence-corrected chi connectivity index (χ3v) is 3.50. The molecule has 2 aromatic heterocycles. The van der Waals surface area contributed by atoms with Gasteiger partial charge < -0.3 is 10.1 Å². The number of hydrogen-bond donors (Lipinski definition) is 2. The molecule has 5 nitrogen and oxygen atoms in total. The van der Waals surface area contributed by atoms with Gasteiger partial charge in [-0.25, -0.2) is 9.78 Å². The van der Waals surface area contributed by atoms with E-state index in [1.165, 1.54) is 6.08 Å². The van der Waals surface area contributed by atoms with Gasteiger partial charge in [0.25, 0.3) is 0 Å². The second-order valence-electron chi connectivity index (χ2n) is 3.47. The number of fused-ring (bicyclic) bond motifs is 1. The maximum Gasteiger partial charge on any atom is 0.407 e. The van der Waals surface area contributed by atoms with Gasteiger partial charge in [0.15, 0.2) is 0 Å². The molecule has 0 saturated carbocycles. The van der Waals surface area contributed by atoms with Crippen LogP contribution in [-0.4, -0.2) is 22.1 Å². The lowest BCUT2D eigenvalue weighted by molar-refractivity contribution is 0.157. The van der Waals surface area contributed by atoms with Gasteiger partial charge in [0, 0.05) is 11.1 Å². The molecule has 0 aromatic carbocycles. The molecule has 96 valence electrons. The van der Waals surface area contributed by atoms with Gasteiger partial charge in [0.05, 0.1) is 18.4 Å². The molecule has 7 heteroatoms. The average Bonchev–Trinajstić information content (AvgIpc) is 2.95. The van der Waals surface area contributed by atoms with Gasteiger partial charge in [-0.05, 0) is 0 Å². The number of carbonyl (C=O) groups excluding carboxylic acids is 1. The Hall–Kier alpha value is -1.47. The lowest BCUT2D eigenvalue weighted by Gasteiger charge is -2.05. The Bertz CT molecular complexity index is 562. The number of thiazole rings is 1. The van der Waals surface area contributed by atoms with Crippen LogP contribution in [0.2, 0.25) is 0 Å². The zero-order chi connectivity index (χ0) is 13.0. The van der Waals surface area contributed by atoms with E-state index in [9.17, 15) is 4.79 Å². The van der Waals surface area contributed by atoms with Crippen molar-refractivity contribution in [3.8, 4) is 0 Å². The predicted octanol–water partition coefficient (Wildman–Crippen LogP) is 2.24. The van der Waals surface area contributed by atoms with Crippen molar-refractivity contribution in [2.24, 2.45) is 0 Å². The Balaban J connectivity index is 2.05. The number of alkyl carbamates (subject to hydrolysis) is 1. The zero-order valence-corrected chi connectivity index (χ0v) is 11.3. The number of nitrogens with one attached hydrogen (secondary N) is 1. The van der Waals surface area contributed by atoms with Crippen molar-refractivity contribution in [3.63, 3.8) is 0 Å². The van der Waals surface area contributed by atoms with Gasteiger partial charge in [0.1, 0.15) is 17.3 Å². The smallest absolute Gasteiger partial charge is 0.407 e. The van der Waals surface area contributed by atoms with E-state index < -0.39 is 6.09 Å². The fraction of sp³-hybridized carbons (Fsp3) is 0.273. The van der Waals surface area contributed by atoms with Crippen molar-refractivity contribution in [1.82, 2.24) is 14.7 Å². The van der Waals surface area contributed by atoms with Crippen LogP contribution >= 0.6 is 24.0 Å². The molecule has 0 aliphatic carbocycles. The minimum Gasteiger partial charge on any atom is -0.445 e. The van der Waals surface area contributed by atoms with Crippen LogP contribution in [0.5, 0.6) is 0 Å². The first-order valence-electron chi connectivity index (χ1n) is 5.31. The topological polar surface area (TPSA) is 55.6 Å². The molecule has 1 amide bonds. The fourth-order valence-corrected chi connectivity index (χ4v) is 2.63. The normalized spacial score (nSPS) is 10.5. The Morgan fingerprint density at radius 2 is 2.56 bits per heavy atom. The molecular weight excluding hydrogens is 270 g/mol. The van der Waals surface area contributed by atoms with Crippen molar-refractivity contribution in [1.29, 1.82) is 0 Å². The first-order chi connectivity index (χ1) is 8.76. The summed E-state index contributed by atoms with van der Waals surface area (Å²) in [5, 5.41) is 4.66. The SMILES string of the molecule is C=CCOC(=O)NCc1csc2cnc(CS)n12. The third kappa shape index (κ3) is 2.68. The predicted molar refractivity (Wildman–Crippen MR) is 74.1 cm³/mol. The number of hydrogen-bond acceptors (Lipinski definition) is 5. The summed E-state index contributed by atoms with van der Waals surface area (Å²) in [6.45, 7) is 4.08. The second kappa shape index (κ2) is 5.92. The monoisotopic (exact) mass is 283 g/mol. The summed E-state index contributed by atoms with van der Waals surface area (Å²) >= 11 is 5.81. The average molecular weight is 283 g/mol. The van der Waals surface area contributed by atoms with Gasteiger partial charge in [0.2, 0.25) is 0 Å². The summed E-state index contributed by atoms with van der Waals surface area (Å²) in [4.78, 5) is 16.6. The van der Waals surface area contributed by atoms with Gasteiger partial charge in [-0.15, -0.1) is 11.3 Å². The summed E-state index contributed by atoms with van der Waals surface area (Å²) in [5.74, 6) is 1.42. The second-order valence-corrected chi connectivity index (χ2v) is 4.68. The number of nitrogens with zero attached hydrogens (tertiary/aromatic N) is 2. The van der Waals surface area contributed by atoms with Gasteiger partial charge in [-0.2, -0.15) is 12.6 Å². The van der Waals surface area contributed by atoms with Crippen molar-refractivity contribution in [3.05, 3.63) is 35.8 Å². The number of imidazole rings is 1. The Morgan fingerprint density at radius 3 is 3.28 bits per heavy atom. The summed E-state index contributed by atoms with van der Waals surface area (Å²) in [5.41, 5.74) is 0.965. The number of carbonyl (C=O) groups is 1. The van der Waals surface area contributed by atoms with Gasteiger partial charge in [-0.1, -0.05) is 12.7 Å². The maximum absolute atomic E-state index is 11.3. The number of rotatable bonds is 5. The standard InChI is InChI=1S/C11H13N3O2S2/c1-2-3-16-11(15)13-4-8-7-18-10-5-12-9(6-17)14(8)10/h2,5,7,17H,1,3-4,6H2,(H,13,15). The molecule has 0 unspecified atom stereocenters. The number of ether oxygens (including phenoxy) is 1. The van der Waals surface area contributed by atoms with Crippen LogP contribution in [-0.2, 0) is 17.0 Å². The van der Waals surface area contributed by atoms with Crippen LogP contribution in [0.4, 0.5) is 4.79 Å². The van der Waals surface area contributed by atoms with Crippen molar-refractivity contribution in [2.45, 2.75) is 12.3 Å². The lowest BCUT2D eigenvalue weighted by atomic mass is 10.4. The highest BCUT2D eigenvalue weighted by Crippen LogP contribution is 2.19. The van der Waals surface area contributed by atoms with Crippen molar-refractivity contribution >= 4 is 34.9 Å².